The zero-order valence-corrected chi connectivity index (χ0v) is 8.81. The van der Waals surface area contributed by atoms with Crippen LogP contribution >= 0.6 is 0 Å². The van der Waals surface area contributed by atoms with Gasteiger partial charge >= 0.3 is 5.97 Å². The van der Waals surface area contributed by atoms with Gasteiger partial charge in [-0.3, -0.25) is 4.79 Å². The lowest BCUT2D eigenvalue weighted by atomic mass is 9.54. The van der Waals surface area contributed by atoms with Crippen molar-refractivity contribution in [2.75, 3.05) is 13.6 Å². The molecule has 2 bridgehead atoms. The molecule has 0 saturated heterocycles. The van der Waals surface area contributed by atoms with Crippen molar-refractivity contribution >= 4 is 5.97 Å². The van der Waals surface area contributed by atoms with Gasteiger partial charge in [0.1, 0.15) is 0 Å². The van der Waals surface area contributed by atoms with E-state index in [-0.39, 0.29) is 5.41 Å². The molecule has 0 aromatic carbocycles. The quantitative estimate of drug-likeness (QED) is 0.723. The minimum absolute atomic E-state index is 0.352. The Bertz CT molecular complexity index is 225. The van der Waals surface area contributed by atoms with Crippen LogP contribution in [-0.4, -0.2) is 24.7 Å². The molecule has 0 aromatic heterocycles. The molecule has 3 nitrogen and oxygen atoms in total. The first kappa shape index (κ1) is 9.97. The standard InChI is InChI=1S/C11H19NO2/c1-12-8-10-2-5-11(6-3-10,7-4-10)9(13)14/h12H,2-8H2,1H3,(H,13,14). The Labute approximate surface area is 84.9 Å². The van der Waals surface area contributed by atoms with Gasteiger partial charge in [-0.25, -0.2) is 0 Å². The molecule has 0 heterocycles. The number of aliphatic carboxylic acids is 1. The van der Waals surface area contributed by atoms with Crippen molar-refractivity contribution in [3.05, 3.63) is 0 Å². The van der Waals surface area contributed by atoms with E-state index in [1.165, 1.54) is 0 Å². The summed E-state index contributed by atoms with van der Waals surface area (Å²) in [5, 5.41) is 12.5. The molecule has 3 heteroatoms. The highest BCUT2D eigenvalue weighted by Gasteiger charge is 2.52. The predicted octanol–water partition coefficient (Wildman–Crippen LogP) is 1.63. The summed E-state index contributed by atoms with van der Waals surface area (Å²) in [7, 11) is 1.99. The van der Waals surface area contributed by atoms with Gasteiger partial charge in [0, 0.05) is 6.54 Å². The number of hydrogen-bond acceptors (Lipinski definition) is 2. The number of hydrogen-bond donors (Lipinski definition) is 2. The smallest absolute Gasteiger partial charge is 0.309 e. The molecule has 3 rings (SSSR count). The second-order valence-corrected chi connectivity index (χ2v) is 5.12. The van der Waals surface area contributed by atoms with E-state index in [2.05, 4.69) is 5.32 Å². The van der Waals surface area contributed by atoms with Gasteiger partial charge in [-0.15, -0.1) is 0 Å². The monoisotopic (exact) mass is 197 g/mol. The molecule has 2 N–H and O–H groups in total. The number of nitrogens with one attached hydrogen (secondary N) is 1. The SMILES string of the molecule is CNCC12CCC(C(=O)O)(CC1)CC2. The summed E-state index contributed by atoms with van der Waals surface area (Å²) >= 11 is 0. The van der Waals surface area contributed by atoms with Crippen LogP contribution in [0, 0.1) is 10.8 Å². The average Bonchev–Trinajstić information content (AvgIpc) is 2.20. The zero-order chi connectivity index (χ0) is 10.2. The van der Waals surface area contributed by atoms with Crippen LogP contribution in [-0.2, 0) is 4.79 Å². The molecule has 80 valence electrons. The first-order valence-electron chi connectivity index (χ1n) is 5.51. The molecular formula is C11H19NO2. The van der Waals surface area contributed by atoms with E-state index in [1.54, 1.807) is 0 Å². The van der Waals surface area contributed by atoms with Gasteiger partial charge in [0.05, 0.1) is 5.41 Å². The Morgan fingerprint density at radius 3 is 2.07 bits per heavy atom. The van der Waals surface area contributed by atoms with Gasteiger partial charge < -0.3 is 10.4 Å². The Kier molecular flexibility index (Phi) is 2.30. The summed E-state index contributed by atoms with van der Waals surface area (Å²) in [4.78, 5) is 11.2. The number of fused-ring (bicyclic) bond motifs is 3. The molecule has 0 atom stereocenters. The fourth-order valence-electron chi connectivity index (χ4n) is 3.22. The van der Waals surface area contributed by atoms with Crippen LogP contribution in [0.1, 0.15) is 38.5 Å². The molecule has 0 aromatic rings. The van der Waals surface area contributed by atoms with E-state index in [0.717, 1.165) is 45.1 Å². The molecule has 0 unspecified atom stereocenters. The molecule has 3 saturated carbocycles. The van der Waals surface area contributed by atoms with E-state index < -0.39 is 5.97 Å². The lowest BCUT2D eigenvalue weighted by Crippen LogP contribution is -2.49. The van der Waals surface area contributed by atoms with Crippen LogP contribution < -0.4 is 5.32 Å². The van der Waals surface area contributed by atoms with E-state index in [1.807, 2.05) is 7.05 Å². The Hall–Kier alpha value is -0.570. The molecule has 3 aliphatic carbocycles. The summed E-state index contributed by atoms with van der Waals surface area (Å²) in [6.45, 7) is 1.06. The van der Waals surface area contributed by atoms with Crippen molar-refractivity contribution in [2.24, 2.45) is 10.8 Å². The fourth-order valence-corrected chi connectivity index (χ4v) is 3.22. The van der Waals surface area contributed by atoms with Crippen LogP contribution in [0.15, 0.2) is 0 Å². The van der Waals surface area contributed by atoms with Crippen molar-refractivity contribution in [1.82, 2.24) is 5.32 Å². The Balaban J connectivity index is 2.09. The van der Waals surface area contributed by atoms with E-state index in [0.29, 0.717) is 5.41 Å². The van der Waals surface area contributed by atoms with E-state index in [4.69, 9.17) is 0 Å². The maximum atomic E-state index is 11.2. The van der Waals surface area contributed by atoms with Crippen LogP contribution in [0.25, 0.3) is 0 Å². The van der Waals surface area contributed by atoms with Gasteiger partial charge in [0.15, 0.2) is 0 Å². The van der Waals surface area contributed by atoms with Crippen molar-refractivity contribution in [3.63, 3.8) is 0 Å². The first-order chi connectivity index (χ1) is 6.63. The van der Waals surface area contributed by atoms with Crippen molar-refractivity contribution in [3.8, 4) is 0 Å². The zero-order valence-electron chi connectivity index (χ0n) is 8.81. The van der Waals surface area contributed by atoms with Gasteiger partial charge in [0.25, 0.3) is 0 Å². The summed E-state index contributed by atoms with van der Waals surface area (Å²) in [6.07, 6.45) is 5.97. The van der Waals surface area contributed by atoms with E-state index >= 15 is 0 Å². The summed E-state index contributed by atoms with van der Waals surface area (Å²) in [6, 6.07) is 0. The topological polar surface area (TPSA) is 49.3 Å². The third-order valence-electron chi connectivity index (χ3n) is 4.41. The molecule has 3 fully saturated rings. The first-order valence-corrected chi connectivity index (χ1v) is 5.51. The maximum Gasteiger partial charge on any atom is 0.309 e. The Morgan fingerprint density at radius 1 is 1.21 bits per heavy atom. The second-order valence-electron chi connectivity index (χ2n) is 5.12. The van der Waals surface area contributed by atoms with Crippen molar-refractivity contribution in [2.45, 2.75) is 38.5 Å². The van der Waals surface area contributed by atoms with Crippen molar-refractivity contribution in [1.29, 1.82) is 0 Å². The number of carboxylic acids is 1. The fraction of sp³-hybridized carbons (Fsp3) is 0.909. The highest BCUT2D eigenvalue weighted by Crippen LogP contribution is 2.56. The average molecular weight is 197 g/mol. The molecule has 14 heavy (non-hydrogen) atoms. The van der Waals surface area contributed by atoms with E-state index in [9.17, 15) is 9.90 Å². The van der Waals surface area contributed by atoms with Gasteiger partial charge in [0.2, 0.25) is 0 Å². The summed E-state index contributed by atoms with van der Waals surface area (Å²) < 4.78 is 0. The second kappa shape index (κ2) is 3.23. The van der Waals surface area contributed by atoms with Crippen molar-refractivity contribution < 1.29 is 9.90 Å². The summed E-state index contributed by atoms with van der Waals surface area (Å²) in [5.74, 6) is -0.560. The van der Waals surface area contributed by atoms with Crippen LogP contribution in [0.5, 0.6) is 0 Å². The molecule has 3 aliphatic rings. The molecule has 0 spiro atoms. The van der Waals surface area contributed by atoms with Crippen LogP contribution in [0.3, 0.4) is 0 Å². The predicted molar refractivity (Wildman–Crippen MR) is 54.1 cm³/mol. The van der Waals surface area contributed by atoms with Crippen LogP contribution in [0.4, 0.5) is 0 Å². The molecule has 0 radical (unpaired) electrons. The summed E-state index contributed by atoms with van der Waals surface area (Å²) in [5.41, 5.74) is 0.0709. The van der Waals surface area contributed by atoms with Gasteiger partial charge in [-0.2, -0.15) is 0 Å². The normalized spacial score (nSPS) is 41.2. The molecule has 0 amide bonds. The molecular weight excluding hydrogens is 178 g/mol. The number of carbonyl (C=O) groups is 1. The lowest BCUT2D eigenvalue weighted by molar-refractivity contribution is -0.158. The third-order valence-corrected chi connectivity index (χ3v) is 4.41. The maximum absolute atomic E-state index is 11.2. The number of rotatable bonds is 3. The van der Waals surface area contributed by atoms with Crippen LogP contribution in [0.2, 0.25) is 0 Å². The number of carboxylic acid groups (broad SMARTS) is 1. The largest absolute Gasteiger partial charge is 0.481 e. The van der Waals surface area contributed by atoms with Gasteiger partial charge in [-0.1, -0.05) is 0 Å². The third kappa shape index (κ3) is 1.34. The molecule has 0 aliphatic heterocycles. The Morgan fingerprint density at radius 2 is 1.71 bits per heavy atom. The minimum Gasteiger partial charge on any atom is -0.481 e. The van der Waals surface area contributed by atoms with Gasteiger partial charge in [-0.05, 0) is 51.0 Å². The highest BCUT2D eigenvalue weighted by atomic mass is 16.4. The highest BCUT2D eigenvalue weighted by molar-refractivity contribution is 5.75. The lowest BCUT2D eigenvalue weighted by Gasteiger charge is -2.51. The minimum atomic E-state index is -0.560.